The van der Waals surface area contributed by atoms with Gasteiger partial charge in [-0.3, -0.25) is 0 Å². The summed E-state index contributed by atoms with van der Waals surface area (Å²) in [5.74, 6) is 0.643. The molecule has 7 heteroatoms. The summed E-state index contributed by atoms with van der Waals surface area (Å²) in [5.41, 5.74) is -0.915. The van der Waals surface area contributed by atoms with E-state index >= 15 is 0 Å². The second-order valence-electron chi connectivity index (χ2n) is 4.61. The van der Waals surface area contributed by atoms with E-state index in [0.29, 0.717) is 12.5 Å². The second-order valence-corrected chi connectivity index (χ2v) is 4.61. The van der Waals surface area contributed by atoms with Crippen LogP contribution >= 0.6 is 0 Å². The molecule has 2 rings (SSSR count). The normalized spacial score (nSPS) is 17.6. The molecule has 19 heavy (non-hydrogen) atoms. The van der Waals surface area contributed by atoms with Crippen molar-refractivity contribution < 1.29 is 17.9 Å². The molecule has 0 spiro atoms. The molecule has 2 heterocycles. The first-order valence-electron chi connectivity index (χ1n) is 6.20. The van der Waals surface area contributed by atoms with Crippen LogP contribution in [0.25, 0.3) is 0 Å². The van der Waals surface area contributed by atoms with Crippen molar-refractivity contribution in [2.24, 2.45) is 10.9 Å². The summed E-state index contributed by atoms with van der Waals surface area (Å²) in [6, 6.07) is 0.928. The Kier molecular flexibility index (Phi) is 4.24. The van der Waals surface area contributed by atoms with Gasteiger partial charge < -0.3 is 4.74 Å². The average Bonchev–Trinajstić information content (AvgIpc) is 2.81. The van der Waals surface area contributed by atoms with Crippen molar-refractivity contribution in [1.82, 2.24) is 9.78 Å². The van der Waals surface area contributed by atoms with Gasteiger partial charge in [0.15, 0.2) is 5.69 Å². The maximum atomic E-state index is 12.6. The van der Waals surface area contributed by atoms with Crippen molar-refractivity contribution in [3.63, 3.8) is 0 Å². The van der Waals surface area contributed by atoms with Crippen LogP contribution in [0.4, 0.5) is 19.0 Å². The maximum absolute atomic E-state index is 12.6. The number of hydrogen-bond acceptors (Lipinski definition) is 3. The molecule has 0 N–H and O–H groups in total. The standard InChI is InChI=1S/C12H16F3N3O/c1-16-11-8-10(12(13,14)15)17-18(11)5-2-9-3-6-19-7-4-9/h8-9H,1-7H2. The minimum absolute atomic E-state index is 0.166. The van der Waals surface area contributed by atoms with Crippen LogP contribution in [-0.4, -0.2) is 29.7 Å². The summed E-state index contributed by atoms with van der Waals surface area (Å²) >= 11 is 0. The third kappa shape index (κ3) is 3.56. The predicted molar refractivity (Wildman–Crippen MR) is 64.6 cm³/mol. The third-order valence-electron chi connectivity index (χ3n) is 3.30. The highest BCUT2D eigenvalue weighted by Gasteiger charge is 2.34. The maximum Gasteiger partial charge on any atom is 0.435 e. The van der Waals surface area contributed by atoms with Crippen LogP contribution in [0.2, 0.25) is 0 Å². The predicted octanol–water partition coefficient (Wildman–Crippen LogP) is 3.05. The van der Waals surface area contributed by atoms with E-state index in [1.807, 2.05) is 0 Å². The molecular weight excluding hydrogens is 259 g/mol. The van der Waals surface area contributed by atoms with Crippen LogP contribution in [0.3, 0.4) is 0 Å². The molecule has 1 aliphatic rings. The molecule has 0 bridgehead atoms. The van der Waals surface area contributed by atoms with Gasteiger partial charge in [-0.1, -0.05) is 0 Å². The van der Waals surface area contributed by atoms with Gasteiger partial charge in [0, 0.05) is 25.8 Å². The van der Waals surface area contributed by atoms with Crippen molar-refractivity contribution in [3.05, 3.63) is 11.8 Å². The van der Waals surface area contributed by atoms with Crippen molar-refractivity contribution >= 4 is 12.5 Å². The van der Waals surface area contributed by atoms with Crippen molar-refractivity contribution in [1.29, 1.82) is 0 Å². The van der Waals surface area contributed by atoms with Crippen LogP contribution < -0.4 is 0 Å². The fraction of sp³-hybridized carbons (Fsp3) is 0.667. The number of aromatic nitrogens is 2. The number of ether oxygens (including phenoxy) is 1. The molecule has 1 aromatic rings. The van der Waals surface area contributed by atoms with Gasteiger partial charge >= 0.3 is 6.18 Å². The number of alkyl halides is 3. The summed E-state index contributed by atoms with van der Waals surface area (Å²) < 4.78 is 44.2. The lowest BCUT2D eigenvalue weighted by atomic mass is 9.97. The number of nitrogens with zero attached hydrogens (tertiary/aromatic N) is 3. The van der Waals surface area contributed by atoms with Gasteiger partial charge in [-0.05, 0) is 31.9 Å². The molecule has 0 atom stereocenters. The summed E-state index contributed by atoms with van der Waals surface area (Å²) in [6.07, 6.45) is -1.76. The van der Waals surface area contributed by atoms with E-state index in [2.05, 4.69) is 16.8 Å². The second kappa shape index (κ2) is 5.73. The molecule has 0 unspecified atom stereocenters. The highest BCUT2D eigenvalue weighted by atomic mass is 19.4. The van der Waals surface area contributed by atoms with E-state index < -0.39 is 11.9 Å². The summed E-state index contributed by atoms with van der Waals surface area (Å²) in [5, 5.41) is 3.56. The molecule has 0 aromatic carbocycles. The Morgan fingerprint density at radius 1 is 1.42 bits per heavy atom. The lowest BCUT2D eigenvalue weighted by Crippen LogP contribution is -2.17. The van der Waals surface area contributed by atoms with Gasteiger partial charge in [-0.25, -0.2) is 9.67 Å². The first kappa shape index (κ1) is 14.0. The van der Waals surface area contributed by atoms with Gasteiger partial charge in [0.2, 0.25) is 0 Å². The zero-order chi connectivity index (χ0) is 13.9. The molecule has 0 radical (unpaired) electrons. The lowest BCUT2D eigenvalue weighted by Gasteiger charge is -2.21. The zero-order valence-corrected chi connectivity index (χ0v) is 10.5. The molecule has 1 aromatic heterocycles. The number of aryl methyl sites for hydroxylation is 1. The Hall–Kier alpha value is -1.37. The SMILES string of the molecule is C=Nc1cc(C(F)(F)F)nn1CCC1CCOCC1. The van der Waals surface area contributed by atoms with Crippen LogP contribution in [0, 0.1) is 5.92 Å². The van der Waals surface area contributed by atoms with Crippen LogP contribution in [-0.2, 0) is 17.5 Å². The Labute approximate surface area is 109 Å². The van der Waals surface area contributed by atoms with E-state index in [-0.39, 0.29) is 5.82 Å². The van der Waals surface area contributed by atoms with E-state index in [9.17, 15) is 13.2 Å². The Morgan fingerprint density at radius 2 is 2.11 bits per heavy atom. The molecule has 1 fully saturated rings. The molecule has 4 nitrogen and oxygen atoms in total. The summed E-state index contributed by atoms with van der Waals surface area (Å²) in [4.78, 5) is 3.59. The monoisotopic (exact) mass is 275 g/mol. The first-order valence-corrected chi connectivity index (χ1v) is 6.20. The van der Waals surface area contributed by atoms with Gasteiger partial charge in [-0.15, -0.1) is 0 Å². The smallest absolute Gasteiger partial charge is 0.381 e. The molecule has 106 valence electrons. The van der Waals surface area contributed by atoms with Crippen molar-refractivity contribution in [3.8, 4) is 0 Å². The quantitative estimate of drug-likeness (QED) is 0.792. The number of hydrogen-bond donors (Lipinski definition) is 0. The van der Waals surface area contributed by atoms with Crippen LogP contribution in [0.15, 0.2) is 11.1 Å². The van der Waals surface area contributed by atoms with E-state index in [1.54, 1.807) is 0 Å². The van der Waals surface area contributed by atoms with Gasteiger partial charge in [0.05, 0.1) is 0 Å². The number of aliphatic imine (C=N–C) groups is 1. The Bertz CT molecular complexity index is 436. The van der Waals surface area contributed by atoms with Crippen LogP contribution in [0.5, 0.6) is 0 Å². The van der Waals surface area contributed by atoms with Gasteiger partial charge in [0.1, 0.15) is 5.82 Å². The molecule has 0 amide bonds. The average molecular weight is 275 g/mol. The number of halogens is 3. The third-order valence-corrected chi connectivity index (χ3v) is 3.30. The van der Waals surface area contributed by atoms with Gasteiger partial charge in [-0.2, -0.15) is 18.3 Å². The summed E-state index contributed by atoms with van der Waals surface area (Å²) in [6.45, 7) is 5.16. The highest BCUT2D eigenvalue weighted by Crippen LogP contribution is 2.31. The fourth-order valence-electron chi connectivity index (χ4n) is 2.18. The minimum atomic E-state index is -4.44. The molecule has 1 aliphatic heterocycles. The van der Waals surface area contributed by atoms with E-state index in [1.165, 1.54) is 4.68 Å². The van der Waals surface area contributed by atoms with Crippen molar-refractivity contribution in [2.45, 2.75) is 32.0 Å². The number of rotatable bonds is 4. The zero-order valence-electron chi connectivity index (χ0n) is 10.5. The summed E-state index contributed by atoms with van der Waals surface area (Å²) in [7, 11) is 0. The Morgan fingerprint density at radius 3 is 2.68 bits per heavy atom. The van der Waals surface area contributed by atoms with Crippen molar-refractivity contribution in [2.75, 3.05) is 13.2 Å². The first-order chi connectivity index (χ1) is 9.00. The Balaban J connectivity index is 2.02. The molecule has 0 saturated carbocycles. The largest absolute Gasteiger partial charge is 0.435 e. The minimum Gasteiger partial charge on any atom is -0.381 e. The molecule has 1 saturated heterocycles. The molecular formula is C12H16F3N3O. The topological polar surface area (TPSA) is 39.4 Å². The fourth-order valence-corrected chi connectivity index (χ4v) is 2.18. The van der Waals surface area contributed by atoms with Crippen LogP contribution in [0.1, 0.15) is 25.0 Å². The van der Waals surface area contributed by atoms with E-state index in [0.717, 1.165) is 38.5 Å². The van der Waals surface area contributed by atoms with Gasteiger partial charge in [0.25, 0.3) is 0 Å². The molecule has 0 aliphatic carbocycles. The van der Waals surface area contributed by atoms with E-state index in [4.69, 9.17) is 4.74 Å². The lowest BCUT2D eigenvalue weighted by molar-refractivity contribution is -0.141. The highest BCUT2D eigenvalue weighted by molar-refractivity contribution is 5.41.